The molecule has 0 aliphatic heterocycles. The third-order valence-corrected chi connectivity index (χ3v) is 2.33. The van der Waals surface area contributed by atoms with Crippen LogP contribution in [0.5, 0.6) is 0 Å². The molecular formula is C11H7N3O2. The average Bonchev–Trinajstić information content (AvgIpc) is 2.96. The van der Waals surface area contributed by atoms with Gasteiger partial charge in [-0.05, 0) is 24.3 Å². The van der Waals surface area contributed by atoms with Crippen molar-refractivity contribution < 1.29 is 9.21 Å². The minimum Gasteiger partial charge on any atom is -0.461 e. The molecule has 78 valence electrons. The Morgan fingerprint density at radius 1 is 1.25 bits per heavy atom. The molecule has 3 rings (SSSR count). The standard InChI is InChI=1S/C11H7N3O2/c15-7-8-3-1-5-14-10(8)12-13-11(14)9-4-2-6-16-9/h1-7H. The van der Waals surface area contributed by atoms with Crippen LogP contribution in [0.1, 0.15) is 10.4 Å². The van der Waals surface area contributed by atoms with E-state index in [1.54, 1.807) is 41.1 Å². The normalized spacial score (nSPS) is 10.8. The highest BCUT2D eigenvalue weighted by molar-refractivity contribution is 5.84. The lowest BCUT2D eigenvalue weighted by molar-refractivity contribution is 0.112. The van der Waals surface area contributed by atoms with Crippen molar-refractivity contribution in [3.63, 3.8) is 0 Å². The van der Waals surface area contributed by atoms with E-state index in [1.165, 1.54) is 0 Å². The summed E-state index contributed by atoms with van der Waals surface area (Å²) < 4.78 is 6.97. The first-order valence-corrected chi connectivity index (χ1v) is 4.73. The Morgan fingerprint density at radius 3 is 2.94 bits per heavy atom. The van der Waals surface area contributed by atoms with Crippen molar-refractivity contribution in [3.05, 3.63) is 42.3 Å². The van der Waals surface area contributed by atoms with Crippen molar-refractivity contribution >= 4 is 11.9 Å². The fourth-order valence-corrected chi connectivity index (χ4v) is 1.60. The van der Waals surface area contributed by atoms with E-state index in [0.717, 1.165) is 6.29 Å². The molecule has 0 N–H and O–H groups in total. The van der Waals surface area contributed by atoms with E-state index in [1.807, 2.05) is 0 Å². The van der Waals surface area contributed by atoms with Crippen molar-refractivity contribution in [2.75, 3.05) is 0 Å². The summed E-state index contributed by atoms with van der Waals surface area (Å²) in [5.74, 6) is 1.21. The minimum absolute atomic E-state index is 0.507. The summed E-state index contributed by atoms with van der Waals surface area (Å²) in [6.45, 7) is 0. The molecule has 0 fully saturated rings. The molecule has 0 spiro atoms. The van der Waals surface area contributed by atoms with Gasteiger partial charge in [0, 0.05) is 6.20 Å². The number of aromatic nitrogens is 3. The van der Waals surface area contributed by atoms with E-state index in [2.05, 4.69) is 10.2 Å². The summed E-state index contributed by atoms with van der Waals surface area (Å²) in [6.07, 6.45) is 4.12. The van der Waals surface area contributed by atoms with Crippen LogP contribution in [0.3, 0.4) is 0 Å². The van der Waals surface area contributed by atoms with Crippen LogP contribution in [0.4, 0.5) is 0 Å². The van der Waals surface area contributed by atoms with Gasteiger partial charge < -0.3 is 4.42 Å². The van der Waals surface area contributed by atoms with Crippen molar-refractivity contribution in [2.24, 2.45) is 0 Å². The number of nitrogens with zero attached hydrogens (tertiary/aromatic N) is 3. The number of carbonyl (C=O) groups excluding carboxylic acids is 1. The highest BCUT2D eigenvalue weighted by atomic mass is 16.3. The van der Waals surface area contributed by atoms with Crippen LogP contribution >= 0.6 is 0 Å². The third-order valence-electron chi connectivity index (χ3n) is 2.33. The minimum atomic E-state index is 0.507. The van der Waals surface area contributed by atoms with Gasteiger partial charge in [-0.1, -0.05) is 0 Å². The number of hydrogen-bond donors (Lipinski definition) is 0. The third kappa shape index (κ3) is 1.15. The Balaban J connectivity index is 2.33. The monoisotopic (exact) mass is 213 g/mol. The zero-order chi connectivity index (χ0) is 11.0. The molecule has 0 saturated heterocycles. The Hall–Kier alpha value is -2.43. The van der Waals surface area contributed by atoms with Crippen LogP contribution in [-0.2, 0) is 0 Å². The number of furan rings is 1. The van der Waals surface area contributed by atoms with Crippen LogP contribution in [-0.4, -0.2) is 20.9 Å². The van der Waals surface area contributed by atoms with Crippen LogP contribution in [0.25, 0.3) is 17.2 Å². The van der Waals surface area contributed by atoms with Gasteiger partial charge in [0.25, 0.3) is 0 Å². The zero-order valence-corrected chi connectivity index (χ0v) is 8.20. The summed E-state index contributed by atoms with van der Waals surface area (Å²) in [5.41, 5.74) is 1.04. The molecule has 0 saturated carbocycles. The second-order valence-electron chi connectivity index (χ2n) is 3.28. The molecule has 3 aromatic heterocycles. The summed E-state index contributed by atoms with van der Waals surface area (Å²) >= 11 is 0. The summed E-state index contributed by atoms with van der Waals surface area (Å²) in [6, 6.07) is 7.04. The Bertz CT molecular complexity index is 640. The number of aldehydes is 1. The second kappa shape index (κ2) is 3.30. The SMILES string of the molecule is O=Cc1cccn2c(-c3ccco3)nnc12. The fraction of sp³-hybridized carbons (Fsp3) is 0. The molecule has 0 aliphatic rings. The van der Waals surface area contributed by atoms with Gasteiger partial charge in [-0.3, -0.25) is 9.20 Å². The number of pyridine rings is 1. The van der Waals surface area contributed by atoms with Gasteiger partial charge in [-0.25, -0.2) is 0 Å². The first kappa shape index (κ1) is 8.84. The fourth-order valence-electron chi connectivity index (χ4n) is 1.60. The van der Waals surface area contributed by atoms with Crippen LogP contribution in [0.15, 0.2) is 41.1 Å². The predicted octanol–water partition coefficient (Wildman–Crippen LogP) is 1.80. The van der Waals surface area contributed by atoms with Gasteiger partial charge in [-0.15, -0.1) is 10.2 Å². The van der Waals surface area contributed by atoms with Crippen molar-refractivity contribution in [3.8, 4) is 11.6 Å². The lowest BCUT2D eigenvalue weighted by Gasteiger charge is -1.96. The maximum Gasteiger partial charge on any atom is 0.204 e. The molecule has 3 heterocycles. The van der Waals surface area contributed by atoms with Gasteiger partial charge >= 0.3 is 0 Å². The average molecular weight is 213 g/mol. The smallest absolute Gasteiger partial charge is 0.204 e. The van der Waals surface area contributed by atoms with Gasteiger partial charge in [0.2, 0.25) is 5.82 Å². The lowest BCUT2D eigenvalue weighted by Crippen LogP contribution is -1.91. The zero-order valence-electron chi connectivity index (χ0n) is 8.20. The topological polar surface area (TPSA) is 60.4 Å². The molecule has 5 heteroatoms. The van der Waals surface area contributed by atoms with Crippen molar-refractivity contribution in [2.45, 2.75) is 0 Å². The number of hydrogen-bond acceptors (Lipinski definition) is 4. The second-order valence-corrected chi connectivity index (χ2v) is 3.28. The molecule has 0 aliphatic carbocycles. The Kier molecular flexibility index (Phi) is 1.83. The molecule has 0 radical (unpaired) electrons. The molecule has 0 aromatic carbocycles. The molecule has 0 amide bonds. The predicted molar refractivity (Wildman–Crippen MR) is 56.1 cm³/mol. The first-order valence-electron chi connectivity index (χ1n) is 4.73. The Morgan fingerprint density at radius 2 is 2.19 bits per heavy atom. The molecular weight excluding hydrogens is 206 g/mol. The summed E-state index contributed by atoms with van der Waals surface area (Å²) in [7, 11) is 0. The molecule has 0 unspecified atom stereocenters. The quantitative estimate of drug-likeness (QED) is 0.609. The molecule has 0 bridgehead atoms. The Labute approximate surface area is 90.3 Å². The molecule has 0 atom stereocenters. The van der Waals surface area contributed by atoms with E-state index >= 15 is 0 Å². The van der Waals surface area contributed by atoms with Gasteiger partial charge in [-0.2, -0.15) is 0 Å². The molecule has 16 heavy (non-hydrogen) atoms. The van der Waals surface area contributed by atoms with Crippen LogP contribution in [0, 0.1) is 0 Å². The van der Waals surface area contributed by atoms with E-state index < -0.39 is 0 Å². The van der Waals surface area contributed by atoms with Crippen molar-refractivity contribution in [1.29, 1.82) is 0 Å². The van der Waals surface area contributed by atoms with Gasteiger partial charge in [0.15, 0.2) is 17.7 Å². The van der Waals surface area contributed by atoms with E-state index in [-0.39, 0.29) is 0 Å². The molecule has 3 aromatic rings. The number of fused-ring (bicyclic) bond motifs is 1. The number of carbonyl (C=O) groups is 1. The highest BCUT2D eigenvalue weighted by Gasteiger charge is 2.11. The number of rotatable bonds is 2. The maximum absolute atomic E-state index is 10.8. The lowest BCUT2D eigenvalue weighted by atomic mass is 10.3. The van der Waals surface area contributed by atoms with Crippen LogP contribution in [0.2, 0.25) is 0 Å². The maximum atomic E-state index is 10.8. The van der Waals surface area contributed by atoms with E-state index in [0.29, 0.717) is 22.8 Å². The largest absolute Gasteiger partial charge is 0.461 e. The van der Waals surface area contributed by atoms with Gasteiger partial charge in [0.1, 0.15) is 0 Å². The summed E-state index contributed by atoms with van der Waals surface area (Å²) in [5, 5.41) is 7.97. The molecule has 5 nitrogen and oxygen atoms in total. The highest BCUT2D eigenvalue weighted by Crippen LogP contribution is 2.19. The van der Waals surface area contributed by atoms with E-state index in [9.17, 15) is 4.79 Å². The van der Waals surface area contributed by atoms with E-state index in [4.69, 9.17) is 4.42 Å². The summed E-state index contributed by atoms with van der Waals surface area (Å²) in [4.78, 5) is 10.8. The first-order chi connectivity index (χ1) is 7.90. The van der Waals surface area contributed by atoms with Crippen LogP contribution < -0.4 is 0 Å². The van der Waals surface area contributed by atoms with Gasteiger partial charge in [0.05, 0.1) is 11.8 Å². The van der Waals surface area contributed by atoms with Crippen molar-refractivity contribution in [1.82, 2.24) is 14.6 Å².